The molecule has 7 nitrogen and oxygen atoms in total. The molecule has 0 fully saturated rings. The van der Waals surface area contributed by atoms with Crippen LogP contribution in [0.1, 0.15) is 28.4 Å². The quantitative estimate of drug-likeness (QED) is 0.157. The number of hydrogen-bond donors (Lipinski definition) is 3. The van der Waals surface area contributed by atoms with E-state index in [4.69, 9.17) is 9.84 Å². The lowest BCUT2D eigenvalue weighted by molar-refractivity contribution is -0.137. The van der Waals surface area contributed by atoms with E-state index in [2.05, 4.69) is 26.6 Å². The fourth-order valence-corrected chi connectivity index (χ4v) is 4.01. The van der Waals surface area contributed by atoms with E-state index in [1.165, 1.54) is 0 Å². The van der Waals surface area contributed by atoms with Gasteiger partial charge in [0.2, 0.25) is 0 Å². The average molecular weight is 573 g/mol. The Morgan fingerprint density at radius 1 is 0.816 bits per heavy atom. The van der Waals surface area contributed by atoms with Crippen LogP contribution in [0.15, 0.2) is 108 Å². The molecule has 4 rings (SSSR count). The second-order valence-electron chi connectivity index (χ2n) is 8.42. The van der Waals surface area contributed by atoms with Crippen molar-refractivity contribution < 1.29 is 24.2 Å². The number of rotatable bonds is 10. The Kier molecular flexibility index (Phi) is 8.89. The lowest BCUT2D eigenvalue weighted by Gasteiger charge is -2.20. The van der Waals surface area contributed by atoms with Crippen LogP contribution in [0.2, 0.25) is 0 Å². The lowest BCUT2D eigenvalue weighted by Crippen LogP contribution is -2.26. The van der Waals surface area contributed by atoms with Crippen molar-refractivity contribution in [3.63, 3.8) is 0 Å². The van der Waals surface area contributed by atoms with Gasteiger partial charge in [0.15, 0.2) is 6.04 Å². The minimum atomic E-state index is -0.984. The first-order valence-electron chi connectivity index (χ1n) is 11.9. The molecule has 1 unspecified atom stereocenters. The molecule has 0 aliphatic carbocycles. The summed E-state index contributed by atoms with van der Waals surface area (Å²) >= 11 is 3.42. The Balaban J connectivity index is 1.51. The van der Waals surface area contributed by atoms with Crippen LogP contribution < -0.4 is 15.4 Å². The van der Waals surface area contributed by atoms with Gasteiger partial charge in [0.1, 0.15) is 5.75 Å². The first-order valence-corrected chi connectivity index (χ1v) is 12.7. The largest absolute Gasteiger partial charge is 0.481 e. The first-order chi connectivity index (χ1) is 18.4. The number of carbonyl (C=O) groups is 3. The van der Waals surface area contributed by atoms with Crippen molar-refractivity contribution in [2.45, 2.75) is 12.5 Å². The molecule has 38 heavy (non-hydrogen) atoms. The zero-order valence-corrected chi connectivity index (χ0v) is 21.9. The summed E-state index contributed by atoms with van der Waals surface area (Å²) in [5.74, 6) is -1.43. The summed E-state index contributed by atoms with van der Waals surface area (Å²) in [5.41, 5.74) is 3.63. The smallest absolute Gasteiger partial charge is 0.338 e. The van der Waals surface area contributed by atoms with Crippen molar-refractivity contribution in [1.29, 1.82) is 0 Å². The highest BCUT2D eigenvalue weighted by molar-refractivity contribution is 9.10. The van der Waals surface area contributed by atoms with Crippen molar-refractivity contribution in [3.05, 3.63) is 119 Å². The molecular formula is C30H25BrN2O5. The number of amides is 1. The molecule has 3 N–H and O–H groups in total. The maximum absolute atomic E-state index is 13.4. The van der Waals surface area contributed by atoms with Gasteiger partial charge in [0.05, 0.1) is 6.42 Å². The third kappa shape index (κ3) is 7.30. The number of carboxylic acid groups (broad SMARTS) is 1. The summed E-state index contributed by atoms with van der Waals surface area (Å²) in [7, 11) is 0. The highest BCUT2D eigenvalue weighted by atomic mass is 79.9. The monoisotopic (exact) mass is 572 g/mol. The highest BCUT2D eigenvalue weighted by Crippen LogP contribution is 2.27. The molecule has 0 radical (unpaired) electrons. The SMILES string of the molecule is O=C(O)CCNC(=O)c1ccc(NC(C(=O)Oc2cccc(-c3ccccc3)c2)c2ccc(Br)cc2)cc1. The van der Waals surface area contributed by atoms with E-state index in [0.29, 0.717) is 22.6 Å². The van der Waals surface area contributed by atoms with Crippen LogP contribution in [0.3, 0.4) is 0 Å². The zero-order valence-electron chi connectivity index (χ0n) is 20.3. The number of ether oxygens (including phenoxy) is 1. The molecule has 4 aromatic carbocycles. The molecule has 0 bridgehead atoms. The molecular weight excluding hydrogens is 548 g/mol. The van der Waals surface area contributed by atoms with Gasteiger partial charge in [-0.15, -0.1) is 0 Å². The lowest BCUT2D eigenvalue weighted by atomic mass is 10.1. The molecule has 0 saturated heterocycles. The third-order valence-corrected chi connectivity index (χ3v) is 6.21. The molecule has 0 aliphatic rings. The van der Waals surface area contributed by atoms with E-state index >= 15 is 0 Å². The summed E-state index contributed by atoms with van der Waals surface area (Å²) in [6.07, 6.45) is -0.156. The molecule has 192 valence electrons. The Hall–Kier alpha value is -4.43. The van der Waals surface area contributed by atoms with E-state index in [1.54, 1.807) is 30.3 Å². The Morgan fingerprint density at radius 2 is 1.50 bits per heavy atom. The number of esters is 1. The number of carbonyl (C=O) groups excluding carboxylic acids is 2. The molecule has 0 spiro atoms. The van der Waals surface area contributed by atoms with Gasteiger partial charge in [-0.25, -0.2) is 4.79 Å². The number of anilines is 1. The summed E-state index contributed by atoms with van der Waals surface area (Å²) in [5, 5.41) is 14.5. The summed E-state index contributed by atoms with van der Waals surface area (Å²) < 4.78 is 6.67. The average Bonchev–Trinajstić information content (AvgIpc) is 2.93. The predicted molar refractivity (Wildman–Crippen MR) is 149 cm³/mol. The molecule has 0 saturated carbocycles. The Morgan fingerprint density at radius 3 is 2.18 bits per heavy atom. The van der Waals surface area contributed by atoms with Crippen molar-refractivity contribution in [2.75, 3.05) is 11.9 Å². The third-order valence-electron chi connectivity index (χ3n) is 5.68. The van der Waals surface area contributed by atoms with Crippen LogP contribution in [0.5, 0.6) is 5.75 Å². The molecule has 0 heterocycles. The predicted octanol–water partition coefficient (Wildman–Crippen LogP) is 6.08. The van der Waals surface area contributed by atoms with Gasteiger partial charge in [-0.1, -0.05) is 70.5 Å². The highest BCUT2D eigenvalue weighted by Gasteiger charge is 2.23. The van der Waals surface area contributed by atoms with Crippen LogP contribution in [0.25, 0.3) is 11.1 Å². The van der Waals surface area contributed by atoms with Crippen LogP contribution in [-0.2, 0) is 9.59 Å². The van der Waals surface area contributed by atoms with Crippen LogP contribution in [-0.4, -0.2) is 29.5 Å². The van der Waals surface area contributed by atoms with Crippen molar-refractivity contribution in [2.24, 2.45) is 0 Å². The number of aliphatic carboxylic acids is 1. The van der Waals surface area contributed by atoms with Gasteiger partial charge in [0, 0.05) is 22.3 Å². The number of halogens is 1. The minimum absolute atomic E-state index is 0.0388. The van der Waals surface area contributed by atoms with Crippen LogP contribution in [0.4, 0.5) is 5.69 Å². The number of benzene rings is 4. The molecule has 4 aromatic rings. The van der Waals surface area contributed by atoms with Gasteiger partial charge in [-0.05, 0) is 65.2 Å². The van der Waals surface area contributed by atoms with Gasteiger partial charge in [-0.3, -0.25) is 9.59 Å². The molecule has 8 heteroatoms. The van der Waals surface area contributed by atoms with Crippen molar-refractivity contribution in [3.8, 4) is 16.9 Å². The van der Waals surface area contributed by atoms with Gasteiger partial charge < -0.3 is 20.5 Å². The number of hydrogen-bond acceptors (Lipinski definition) is 5. The van der Waals surface area contributed by atoms with Crippen molar-refractivity contribution >= 4 is 39.5 Å². The number of nitrogens with one attached hydrogen (secondary N) is 2. The summed E-state index contributed by atoms with van der Waals surface area (Å²) in [6.45, 7) is 0.0388. The molecule has 0 aliphatic heterocycles. The van der Waals surface area contributed by atoms with Gasteiger partial charge in [0.25, 0.3) is 5.91 Å². The van der Waals surface area contributed by atoms with E-state index in [0.717, 1.165) is 15.6 Å². The molecule has 1 atom stereocenters. The topological polar surface area (TPSA) is 105 Å². The molecule has 0 aromatic heterocycles. The fourth-order valence-electron chi connectivity index (χ4n) is 3.75. The Labute approximate surface area is 228 Å². The van der Waals surface area contributed by atoms with Crippen LogP contribution >= 0.6 is 15.9 Å². The standard InChI is InChI=1S/C30H25BrN2O5/c31-24-13-9-21(10-14-24)28(33-25-15-11-22(12-16-25)29(36)32-18-17-27(34)35)30(37)38-26-8-4-7-23(19-26)20-5-2-1-3-6-20/h1-16,19,28,33H,17-18H2,(H,32,36)(H,34,35). The second-order valence-corrected chi connectivity index (χ2v) is 9.34. The summed E-state index contributed by atoms with van der Waals surface area (Å²) in [4.78, 5) is 36.3. The van der Waals surface area contributed by atoms with Gasteiger partial charge in [-0.2, -0.15) is 0 Å². The second kappa shape index (κ2) is 12.7. The minimum Gasteiger partial charge on any atom is -0.481 e. The normalized spacial score (nSPS) is 11.3. The maximum atomic E-state index is 13.4. The van der Waals surface area contributed by atoms with Crippen molar-refractivity contribution in [1.82, 2.24) is 5.32 Å². The van der Waals surface area contributed by atoms with E-state index < -0.39 is 18.0 Å². The van der Waals surface area contributed by atoms with E-state index in [9.17, 15) is 14.4 Å². The van der Waals surface area contributed by atoms with E-state index in [-0.39, 0.29) is 18.9 Å². The molecule has 1 amide bonds. The van der Waals surface area contributed by atoms with Crippen LogP contribution in [0, 0.1) is 0 Å². The summed E-state index contributed by atoms with van der Waals surface area (Å²) in [6, 6.07) is 30.3. The fraction of sp³-hybridized carbons (Fsp3) is 0.100. The van der Waals surface area contributed by atoms with Gasteiger partial charge >= 0.3 is 11.9 Å². The first kappa shape index (κ1) is 26.6. The Bertz CT molecular complexity index is 1410. The van der Waals surface area contributed by atoms with E-state index in [1.807, 2.05) is 72.8 Å². The number of carboxylic acids is 1. The maximum Gasteiger partial charge on any atom is 0.338 e. The zero-order chi connectivity index (χ0) is 26.9.